The number of para-hydroxylation sites is 1. The number of rotatable bonds is 7. The highest BCUT2D eigenvalue weighted by Gasteiger charge is 2.21. The maximum Gasteiger partial charge on any atom is 0.279 e. The van der Waals surface area contributed by atoms with Gasteiger partial charge in [-0.25, -0.2) is 4.39 Å². The molecule has 3 amide bonds. The van der Waals surface area contributed by atoms with Gasteiger partial charge in [0.05, 0.1) is 4.92 Å². The molecule has 2 rings (SSSR count). The van der Waals surface area contributed by atoms with E-state index in [0.717, 1.165) is 6.07 Å². The van der Waals surface area contributed by atoms with Crippen LogP contribution in [0.3, 0.4) is 0 Å². The number of carbonyl (C=O) groups excluding carboxylic acids is 3. The van der Waals surface area contributed by atoms with Crippen LogP contribution in [0.5, 0.6) is 5.75 Å². The zero-order valence-corrected chi connectivity index (χ0v) is 16.0. The maximum atomic E-state index is 13.6. The summed E-state index contributed by atoms with van der Waals surface area (Å²) in [7, 11) is 0. The van der Waals surface area contributed by atoms with Crippen LogP contribution in [0.1, 0.15) is 24.2 Å². The van der Waals surface area contributed by atoms with Gasteiger partial charge in [-0.15, -0.1) is 0 Å². The molecule has 0 saturated carbocycles. The molecule has 2 atom stereocenters. The van der Waals surface area contributed by atoms with Crippen molar-refractivity contribution >= 4 is 23.4 Å². The van der Waals surface area contributed by atoms with Gasteiger partial charge in [0.2, 0.25) is 0 Å². The number of nitrogens with zero attached hydrogens (tertiary/aromatic N) is 1. The van der Waals surface area contributed by atoms with Crippen molar-refractivity contribution in [1.29, 1.82) is 0 Å². The second-order valence-electron chi connectivity index (χ2n) is 6.17. The number of hydrogen-bond donors (Lipinski definition) is 3. The Balaban J connectivity index is 1.85. The molecule has 30 heavy (non-hydrogen) atoms. The van der Waals surface area contributed by atoms with E-state index in [1.165, 1.54) is 56.3 Å². The number of nitro benzene ring substituents is 1. The first kappa shape index (κ1) is 22.3. The molecule has 0 spiro atoms. The highest BCUT2D eigenvalue weighted by atomic mass is 19.1. The van der Waals surface area contributed by atoms with E-state index in [2.05, 4.69) is 16.2 Å². The van der Waals surface area contributed by atoms with E-state index in [1.54, 1.807) is 0 Å². The van der Waals surface area contributed by atoms with Crippen molar-refractivity contribution in [1.82, 2.24) is 16.2 Å². The molecule has 0 heterocycles. The number of benzene rings is 2. The molecule has 0 aliphatic carbocycles. The second-order valence-corrected chi connectivity index (χ2v) is 6.17. The minimum absolute atomic E-state index is 0.000189. The zero-order chi connectivity index (χ0) is 22.3. The molecule has 0 aliphatic rings. The van der Waals surface area contributed by atoms with E-state index in [9.17, 15) is 28.9 Å². The third-order valence-electron chi connectivity index (χ3n) is 3.88. The topological polar surface area (TPSA) is 140 Å². The van der Waals surface area contributed by atoms with Gasteiger partial charge in [-0.3, -0.25) is 35.3 Å². The summed E-state index contributed by atoms with van der Waals surface area (Å²) in [4.78, 5) is 46.4. The van der Waals surface area contributed by atoms with Crippen LogP contribution in [0.25, 0.3) is 0 Å². The Hall–Kier alpha value is -4.02. The van der Waals surface area contributed by atoms with Crippen molar-refractivity contribution in [2.45, 2.75) is 26.0 Å². The predicted octanol–water partition coefficient (Wildman–Crippen LogP) is 1.47. The Morgan fingerprint density at radius 3 is 2.37 bits per heavy atom. The van der Waals surface area contributed by atoms with Gasteiger partial charge in [-0.1, -0.05) is 18.2 Å². The molecule has 0 bridgehead atoms. The van der Waals surface area contributed by atoms with Gasteiger partial charge >= 0.3 is 0 Å². The van der Waals surface area contributed by atoms with Gasteiger partial charge in [-0.2, -0.15) is 0 Å². The van der Waals surface area contributed by atoms with Crippen molar-refractivity contribution in [3.8, 4) is 5.75 Å². The highest BCUT2D eigenvalue weighted by molar-refractivity contribution is 5.98. The summed E-state index contributed by atoms with van der Waals surface area (Å²) in [5.41, 5.74) is 3.96. The fourth-order valence-electron chi connectivity index (χ4n) is 2.22. The number of hydrazine groups is 1. The van der Waals surface area contributed by atoms with E-state index < -0.39 is 40.6 Å². The minimum Gasteiger partial charge on any atom is -0.478 e. The number of nitrogens with one attached hydrogen (secondary N) is 3. The quantitative estimate of drug-likeness (QED) is 0.460. The van der Waals surface area contributed by atoms with Crippen molar-refractivity contribution < 1.29 is 28.4 Å². The zero-order valence-electron chi connectivity index (χ0n) is 16.0. The summed E-state index contributed by atoms with van der Waals surface area (Å²) in [6.45, 7) is 2.72. The Labute approximate surface area is 170 Å². The number of non-ortho nitro benzene ring substituents is 1. The smallest absolute Gasteiger partial charge is 0.279 e. The van der Waals surface area contributed by atoms with Crippen molar-refractivity contribution in [3.05, 3.63) is 70.0 Å². The lowest BCUT2D eigenvalue weighted by molar-refractivity contribution is -0.384. The summed E-state index contributed by atoms with van der Waals surface area (Å²) in [5.74, 6) is -2.96. The van der Waals surface area contributed by atoms with Crippen LogP contribution in [0.4, 0.5) is 10.1 Å². The average molecular weight is 418 g/mol. The summed E-state index contributed by atoms with van der Waals surface area (Å²) in [6.07, 6.45) is -1.11. The van der Waals surface area contributed by atoms with Crippen LogP contribution in [0, 0.1) is 15.9 Å². The van der Waals surface area contributed by atoms with Gasteiger partial charge in [0.1, 0.15) is 6.04 Å². The standard InChI is InChI=1S/C19H19FN4O6/c1-11(21-19(27)13-6-5-7-14(10-13)24(28)29)17(25)22-23-18(26)12(2)30-16-9-4-3-8-15(16)20/h3-12H,1-2H3,(H,21,27)(H,22,25)(H,23,26). The molecule has 3 N–H and O–H groups in total. The van der Waals surface area contributed by atoms with E-state index in [0.29, 0.717) is 0 Å². The maximum absolute atomic E-state index is 13.6. The van der Waals surface area contributed by atoms with Crippen molar-refractivity contribution in [3.63, 3.8) is 0 Å². The van der Waals surface area contributed by atoms with Crippen LogP contribution in [0.15, 0.2) is 48.5 Å². The number of carbonyl (C=O) groups is 3. The number of hydrogen-bond acceptors (Lipinski definition) is 6. The van der Waals surface area contributed by atoms with Crippen LogP contribution < -0.4 is 20.9 Å². The summed E-state index contributed by atoms with van der Waals surface area (Å²) in [5, 5.41) is 13.1. The van der Waals surface area contributed by atoms with Crippen LogP contribution in [0.2, 0.25) is 0 Å². The molecular weight excluding hydrogens is 399 g/mol. The number of nitro groups is 1. The van der Waals surface area contributed by atoms with E-state index in [4.69, 9.17) is 4.74 Å². The molecule has 158 valence electrons. The van der Waals surface area contributed by atoms with Crippen LogP contribution >= 0.6 is 0 Å². The Morgan fingerprint density at radius 1 is 1.03 bits per heavy atom. The highest BCUT2D eigenvalue weighted by Crippen LogP contribution is 2.17. The first-order valence-electron chi connectivity index (χ1n) is 8.75. The summed E-state index contributed by atoms with van der Waals surface area (Å²) in [6, 6.07) is 9.46. The molecule has 2 unspecified atom stereocenters. The second kappa shape index (κ2) is 9.96. The lowest BCUT2D eigenvalue weighted by Gasteiger charge is -2.17. The Morgan fingerprint density at radius 2 is 1.70 bits per heavy atom. The molecule has 10 nitrogen and oxygen atoms in total. The summed E-state index contributed by atoms with van der Waals surface area (Å²) >= 11 is 0. The normalized spacial score (nSPS) is 12.2. The molecule has 0 aromatic heterocycles. The lowest BCUT2D eigenvalue weighted by Crippen LogP contribution is -2.53. The molecule has 2 aromatic rings. The van der Waals surface area contributed by atoms with E-state index in [1.807, 2.05) is 0 Å². The van der Waals surface area contributed by atoms with Crippen LogP contribution in [-0.2, 0) is 9.59 Å². The van der Waals surface area contributed by atoms with Gasteiger partial charge < -0.3 is 10.1 Å². The van der Waals surface area contributed by atoms with Gasteiger partial charge in [0, 0.05) is 17.7 Å². The fourth-order valence-corrected chi connectivity index (χ4v) is 2.22. The Bertz CT molecular complexity index is 968. The predicted molar refractivity (Wildman–Crippen MR) is 103 cm³/mol. The summed E-state index contributed by atoms with van der Waals surface area (Å²) < 4.78 is 18.7. The first-order chi connectivity index (χ1) is 14.2. The largest absolute Gasteiger partial charge is 0.478 e. The minimum atomic E-state index is -1.11. The SMILES string of the molecule is CC(NC(=O)c1cccc([N+](=O)[O-])c1)C(=O)NNC(=O)C(C)Oc1ccccc1F. The van der Waals surface area contributed by atoms with Gasteiger partial charge in [0.15, 0.2) is 17.7 Å². The van der Waals surface area contributed by atoms with Crippen molar-refractivity contribution in [2.24, 2.45) is 0 Å². The molecule has 0 fully saturated rings. The molecule has 0 aliphatic heterocycles. The average Bonchev–Trinajstić information content (AvgIpc) is 2.73. The number of ether oxygens (including phenoxy) is 1. The molecule has 11 heteroatoms. The van der Waals surface area contributed by atoms with Gasteiger partial charge in [-0.05, 0) is 32.0 Å². The third kappa shape index (κ3) is 5.99. The molecule has 0 saturated heterocycles. The Kier molecular flexibility index (Phi) is 7.39. The molecule has 2 aromatic carbocycles. The van der Waals surface area contributed by atoms with E-state index >= 15 is 0 Å². The first-order valence-corrected chi connectivity index (χ1v) is 8.75. The molecular formula is C19H19FN4O6. The fraction of sp³-hybridized carbons (Fsp3) is 0.211. The monoisotopic (exact) mass is 418 g/mol. The van der Waals surface area contributed by atoms with Crippen LogP contribution in [-0.4, -0.2) is 34.8 Å². The molecule has 0 radical (unpaired) electrons. The third-order valence-corrected chi connectivity index (χ3v) is 3.88. The van der Waals surface area contributed by atoms with Crippen molar-refractivity contribution in [2.75, 3.05) is 0 Å². The number of halogens is 1. The lowest BCUT2D eigenvalue weighted by atomic mass is 10.2. The van der Waals surface area contributed by atoms with E-state index in [-0.39, 0.29) is 17.0 Å². The number of amides is 3. The van der Waals surface area contributed by atoms with Gasteiger partial charge in [0.25, 0.3) is 23.4 Å².